The zero-order valence-electron chi connectivity index (χ0n) is 15.9. The Kier molecular flexibility index (Phi) is 5.53. The molecule has 146 valence electrons. The fraction of sp³-hybridized carbons (Fsp3) is 0.381. The van der Waals surface area contributed by atoms with Crippen molar-refractivity contribution in [2.75, 3.05) is 7.11 Å². The summed E-state index contributed by atoms with van der Waals surface area (Å²) in [6.07, 6.45) is 10.0. The number of aliphatic hydroxyl groups excluding tert-OH is 1. The predicted molar refractivity (Wildman–Crippen MR) is 104 cm³/mol. The summed E-state index contributed by atoms with van der Waals surface area (Å²) in [5, 5.41) is 14.2. The standard InChI is InChI=1S/C21H24N4O3/c1-27-20-11-16(13-26)19(12-23-20)28-14-15-5-4-9-22-21(15)18-8-10-24-25(18)17-6-2-3-7-17/h4-5,8-12,17,26H,2-3,6-7,13-14H2,1H3. The van der Waals surface area contributed by atoms with Gasteiger partial charge in [0.15, 0.2) is 0 Å². The number of hydrogen-bond acceptors (Lipinski definition) is 6. The molecule has 0 unspecified atom stereocenters. The van der Waals surface area contributed by atoms with Crippen LogP contribution < -0.4 is 9.47 Å². The number of nitrogens with zero attached hydrogens (tertiary/aromatic N) is 4. The number of methoxy groups -OCH3 is 1. The van der Waals surface area contributed by atoms with Crippen molar-refractivity contribution in [2.45, 2.75) is 44.9 Å². The molecular weight excluding hydrogens is 356 g/mol. The van der Waals surface area contributed by atoms with Crippen LogP contribution in [0.4, 0.5) is 0 Å². The van der Waals surface area contributed by atoms with Gasteiger partial charge in [0.2, 0.25) is 5.88 Å². The predicted octanol–water partition coefficient (Wildman–Crippen LogP) is 3.54. The molecule has 0 bridgehead atoms. The average molecular weight is 380 g/mol. The Morgan fingerprint density at radius 2 is 2.00 bits per heavy atom. The van der Waals surface area contributed by atoms with Gasteiger partial charge in [0.25, 0.3) is 0 Å². The molecule has 0 aliphatic heterocycles. The minimum Gasteiger partial charge on any atom is -0.487 e. The van der Waals surface area contributed by atoms with E-state index in [0.717, 1.165) is 29.8 Å². The van der Waals surface area contributed by atoms with E-state index in [1.165, 1.54) is 12.8 Å². The maximum absolute atomic E-state index is 9.61. The summed E-state index contributed by atoms with van der Waals surface area (Å²) in [6.45, 7) is 0.169. The van der Waals surface area contributed by atoms with Crippen molar-refractivity contribution >= 4 is 0 Å². The van der Waals surface area contributed by atoms with Crippen molar-refractivity contribution in [1.82, 2.24) is 19.7 Å². The monoisotopic (exact) mass is 380 g/mol. The molecule has 3 aromatic rings. The van der Waals surface area contributed by atoms with Gasteiger partial charge in [-0.25, -0.2) is 4.98 Å². The Labute approximate surface area is 164 Å². The Balaban J connectivity index is 1.59. The Hall–Kier alpha value is -2.93. The van der Waals surface area contributed by atoms with Crippen molar-refractivity contribution in [1.29, 1.82) is 0 Å². The summed E-state index contributed by atoms with van der Waals surface area (Å²) in [5.74, 6) is 0.973. The quantitative estimate of drug-likeness (QED) is 0.675. The average Bonchev–Trinajstić information content (AvgIpc) is 3.43. The molecule has 0 radical (unpaired) electrons. The van der Waals surface area contributed by atoms with Crippen molar-refractivity contribution in [3.05, 3.63) is 54.0 Å². The van der Waals surface area contributed by atoms with E-state index in [1.807, 2.05) is 24.4 Å². The number of rotatable bonds is 7. The molecule has 0 atom stereocenters. The summed E-state index contributed by atoms with van der Waals surface area (Å²) in [7, 11) is 1.54. The molecule has 1 fully saturated rings. The highest BCUT2D eigenvalue weighted by atomic mass is 16.5. The first-order chi connectivity index (χ1) is 13.8. The smallest absolute Gasteiger partial charge is 0.213 e. The van der Waals surface area contributed by atoms with Gasteiger partial charge >= 0.3 is 0 Å². The van der Waals surface area contributed by atoms with E-state index in [4.69, 9.17) is 9.47 Å². The SMILES string of the molecule is COc1cc(CO)c(OCc2cccnc2-c2ccnn2C2CCCC2)cn1. The zero-order chi connectivity index (χ0) is 19.3. The number of hydrogen-bond donors (Lipinski definition) is 1. The molecular formula is C21H24N4O3. The van der Waals surface area contributed by atoms with Gasteiger partial charge in [-0.3, -0.25) is 9.67 Å². The highest BCUT2D eigenvalue weighted by molar-refractivity contribution is 5.59. The lowest BCUT2D eigenvalue weighted by Gasteiger charge is -2.16. The fourth-order valence-corrected chi connectivity index (χ4v) is 3.71. The van der Waals surface area contributed by atoms with Crippen LogP contribution in [-0.4, -0.2) is 32.0 Å². The zero-order valence-corrected chi connectivity index (χ0v) is 15.9. The van der Waals surface area contributed by atoms with Crippen molar-refractivity contribution < 1.29 is 14.6 Å². The molecule has 28 heavy (non-hydrogen) atoms. The first-order valence-electron chi connectivity index (χ1n) is 9.54. The van der Waals surface area contributed by atoms with E-state index >= 15 is 0 Å². The first-order valence-corrected chi connectivity index (χ1v) is 9.54. The summed E-state index contributed by atoms with van der Waals surface area (Å²) >= 11 is 0. The fourth-order valence-electron chi connectivity index (χ4n) is 3.71. The van der Waals surface area contributed by atoms with Crippen LogP contribution in [-0.2, 0) is 13.2 Å². The number of aromatic nitrogens is 4. The van der Waals surface area contributed by atoms with Crippen LogP contribution in [0.5, 0.6) is 11.6 Å². The highest BCUT2D eigenvalue weighted by Gasteiger charge is 2.22. The van der Waals surface area contributed by atoms with Gasteiger partial charge in [0, 0.05) is 29.6 Å². The number of pyridine rings is 2. The van der Waals surface area contributed by atoms with E-state index in [-0.39, 0.29) is 6.61 Å². The molecule has 7 heteroatoms. The van der Waals surface area contributed by atoms with Crippen molar-refractivity contribution in [3.63, 3.8) is 0 Å². The van der Waals surface area contributed by atoms with Gasteiger partial charge in [0.1, 0.15) is 12.4 Å². The first kappa shape index (κ1) is 18.4. The minimum atomic E-state index is -0.150. The maximum Gasteiger partial charge on any atom is 0.213 e. The summed E-state index contributed by atoms with van der Waals surface area (Å²) in [5.41, 5.74) is 3.48. The van der Waals surface area contributed by atoms with E-state index in [1.54, 1.807) is 25.6 Å². The summed E-state index contributed by atoms with van der Waals surface area (Å²) < 4.78 is 13.2. The van der Waals surface area contributed by atoms with Crippen molar-refractivity contribution in [3.8, 4) is 23.0 Å². The largest absolute Gasteiger partial charge is 0.487 e. The van der Waals surface area contributed by atoms with E-state index in [9.17, 15) is 5.11 Å². The topological polar surface area (TPSA) is 82.3 Å². The normalized spacial score (nSPS) is 14.4. The number of aliphatic hydroxyl groups is 1. The minimum absolute atomic E-state index is 0.150. The van der Waals surface area contributed by atoms with Crippen LogP contribution in [0.1, 0.15) is 42.9 Å². The molecule has 1 aliphatic carbocycles. The molecule has 0 saturated heterocycles. The van der Waals surface area contributed by atoms with Gasteiger partial charge in [-0.2, -0.15) is 5.10 Å². The third kappa shape index (κ3) is 3.71. The summed E-state index contributed by atoms with van der Waals surface area (Å²) in [4.78, 5) is 8.78. The molecule has 4 rings (SSSR count). The summed E-state index contributed by atoms with van der Waals surface area (Å²) in [6, 6.07) is 8.03. The van der Waals surface area contributed by atoms with E-state index in [0.29, 0.717) is 29.8 Å². The van der Waals surface area contributed by atoms with Gasteiger partial charge in [0.05, 0.1) is 37.3 Å². The number of ether oxygens (including phenoxy) is 2. The third-order valence-corrected chi connectivity index (χ3v) is 5.16. The molecule has 3 heterocycles. The molecule has 7 nitrogen and oxygen atoms in total. The van der Waals surface area contributed by atoms with Crippen LogP contribution >= 0.6 is 0 Å². The van der Waals surface area contributed by atoms with Gasteiger partial charge in [-0.15, -0.1) is 0 Å². The van der Waals surface area contributed by atoms with Crippen LogP contribution in [0, 0.1) is 0 Å². The van der Waals surface area contributed by atoms with Gasteiger partial charge in [-0.1, -0.05) is 18.9 Å². The molecule has 3 aromatic heterocycles. The molecule has 1 aliphatic rings. The van der Waals surface area contributed by atoms with E-state index < -0.39 is 0 Å². The Morgan fingerprint density at radius 1 is 1.14 bits per heavy atom. The molecule has 0 aromatic carbocycles. The lowest BCUT2D eigenvalue weighted by Crippen LogP contribution is -2.10. The van der Waals surface area contributed by atoms with Gasteiger partial charge < -0.3 is 14.6 Å². The molecule has 1 N–H and O–H groups in total. The van der Waals surface area contributed by atoms with Crippen LogP contribution in [0.3, 0.4) is 0 Å². The van der Waals surface area contributed by atoms with Crippen molar-refractivity contribution in [2.24, 2.45) is 0 Å². The van der Waals surface area contributed by atoms with Crippen LogP contribution in [0.25, 0.3) is 11.4 Å². The molecule has 0 amide bonds. The second kappa shape index (κ2) is 8.39. The second-order valence-electron chi connectivity index (χ2n) is 6.89. The Bertz CT molecular complexity index is 935. The molecule has 0 spiro atoms. The lowest BCUT2D eigenvalue weighted by molar-refractivity contribution is 0.256. The van der Waals surface area contributed by atoms with Crippen LogP contribution in [0.2, 0.25) is 0 Å². The molecule has 1 saturated carbocycles. The van der Waals surface area contributed by atoms with Crippen LogP contribution in [0.15, 0.2) is 42.9 Å². The maximum atomic E-state index is 9.61. The highest BCUT2D eigenvalue weighted by Crippen LogP contribution is 2.33. The second-order valence-corrected chi connectivity index (χ2v) is 6.89. The van der Waals surface area contributed by atoms with E-state index in [2.05, 4.69) is 19.7 Å². The lowest BCUT2D eigenvalue weighted by atomic mass is 10.1. The van der Waals surface area contributed by atoms with Gasteiger partial charge in [-0.05, 0) is 25.0 Å². The Morgan fingerprint density at radius 3 is 2.79 bits per heavy atom. The third-order valence-electron chi connectivity index (χ3n) is 5.16.